The van der Waals surface area contributed by atoms with Gasteiger partial charge in [0, 0.05) is 12.7 Å². The third-order valence-electron chi connectivity index (χ3n) is 3.53. The lowest BCUT2D eigenvalue weighted by atomic mass is 10.0. The van der Waals surface area contributed by atoms with Crippen LogP contribution >= 0.6 is 0 Å². The van der Waals surface area contributed by atoms with Gasteiger partial charge in [-0.2, -0.15) is 5.10 Å². The minimum Gasteiger partial charge on any atom is -0.486 e. The van der Waals surface area contributed by atoms with Gasteiger partial charge in [-0.3, -0.25) is 4.68 Å². The Kier molecular flexibility index (Phi) is 3.60. The zero-order valence-corrected chi connectivity index (χ0v) is 11.8. The summed E-state index contributed by atoms with van der Waals surface area (Å²) in [5.74, 6) is 1.63. The molecular weight excluding hydrogens is 254 g/mol. The summed E-state index contributed by atoms with van der Waals surface area (Å²) in [5, 5.41) is 7.68. The molecule has 5 nitrogen and oxygen atoms in total. The fraction of sp³-hybridized carbons (Fsp3) is 0.400. The Morgan fingerprint density at radius 3 is 2.80 bits per heavy atom. The zero-order valence-electron chi connectivity index (χ0n) is 11.8. The zero-order chi connectivity index (χ0) is 13.9. The smallest absolute Gasteiger partial charge is 0.161 e. The number of nitrogens with zero attached hydrogens (tertiary/aromatic N) is 2. The van der Waals surface area contributed by atoms with Crippen LogP contribution in [0.3, 0.4) is 0 Å². The van der Waals surface area contributed by atoms with Crippen molar-refractivity contribution in [2.75, 3.05) is 20.3 Å². The first-order valence-corrected chi connectivity index (χ1v) is 6.92. The van der Waals surface area contributed by atoms with Crippen LogP contribution in [0, 0.1) is 0 Å². The molecule has 5 heteroatoms. The molecule has 3 rings (SSSR count). The summed E-state index contributed by atoms with van der Waals surface area (Å²) in [6.45, 7) is 4.16. The van der Waals surface area contributed by atoms with Gasteiger partial charge in [-0.1, -0.05) is 6.07 Å². The molecule has 1 aliphatic heterocycles. The van der Waals surface area contributed by atoms with Crippen molar-refractivity contribution in [3.63, 3.8) is 0 Å². The average molecular weight is 273 g/mol. The van der Waals surface area contributed by atoms with Crippen LogP contribution in [0.4, 0.5) is 0 Å². The monoisotopic (exact) mass is 273 g/mol. The highest BCUT2D eigenvalue weighted by Gasteiger charge is 2.19. The molecule has 1 atom stereocenters. The molecule has 0 radical (unpaired) electrons. The Hall–Kier alpha value is -2.01. The van der Waals surface area contributed by atoms with Crippen molar-refractivity contribution in [2.45, 2.75) is 19.5 Å². The van der Waals surface area contributed by atoms with Crippen molar-refractivity contribution < 1.29 is 9.47 Å². The SMILES string of the molecule is CCn1nccc1C(NC)c1ccc2c(c1)OCCO2. The highest BCUT2D eigenvalue weighted by molar-refractivity contribution is 5.46. The van der Waals surface area contributed by atoms with E-state index in [1.807, 2.05) is 36.1 Å². The van der Waals surface area contributed by atoms with Crippen LogP contribution in [-0.2, 0) is 6.54 Å². The van der Waals surface area contributed by atoms with E-state index in [9.17, 15) is 0 Å². The lowest BCUT2D eigenvalue weighted by molar-refractivity contribution is 0.171. The molecule has 1 N–H and O–H groups in total. The van der Waals surface area contributed by atoms with Crippen LogP contribution in [-0.4, -0.2) is 30.0 Å². The van der Waals surface area contributed by atoms with Crippen molar-refractivity contribution in [3.8, 4) is 11.5 Å². The molecule has 0 saturated heterocycles. The van der Waals surface area contributed by atoms with Crippen LogP contribution in [0.5, 0.6) is 11.5 Å². The Bertz CT molecular complexity index is 595. The molecule has 0 bridgehead atoms. The molecule has 0 saturated carbocycles. The molecule has 1 aliphatic rings. The summed E-state index contributed by atoms with van der Waals surface area (Å²) in [7, 11) is 1.95. The number of hydrogen-bond donors (Lipinski definition) is 1. The molecule has 0 amide bonds. The Balaban J connectivity index is 1.97. The maximum Gasteiger partial charge on any atom is 0.161 e. The van der Waals surface area contributed by atoms with Crippen molar-refractivity contribution in [1.82, 2.24) is 15.1 Å². The Morgan fingerprint density at radius 1 is 1.25 bits per heavy atom. The van der Waals surface area contributed by atoms with E-state index in [0.717, 1.165) is 29.3 Å². The van der Waals surface area contributed by atoms with Crippen LogP contribution in [0.2, 0.25) is 0 Å². The number of aryl methyl sites for hydroxylation is 1. The molecule has 106 valence electrons. The number of rotatable bonds is 4. The summed E-state index contributed by atoms with van der Waals surface area (Å²) in [6, 6.07) is 8.22. The number of ether oxygens (including phenoxy) is 2. The second-order valence-electron chi connectivity index (χ2n) is 4.70. The predicted molar refractivity (Wildman–Crippen MR) is 76.2 cm³/mol. The highest BCUT2D eigenvalue weighted by atomic mass is 16.6. The van der Waals surface area contributed by atoms with Gasteiger partial charge in [0.25, 0.3) is 0 Å². The molecule has 1 aromatic carbocycles. The first-order valence-electron chi connectivity index (χ1n) is 6.92. The normalized spacial score (nSPS) is 15.1. The fourth-order valence-corrected chi connectivity index (χ4v) is 2.58. The number of aromatic nitrogens is 2. The quantitative estimate of drug-likeness (QED) is 0.925. The third-order valence-corrected chi connectivity index (χ3v) is 3.53. The van der Waals surface area contributed by atoms with Gasteiger partial charge in [-0.25, -0.2) is 0 Å². The Morgan fingerprint density at radius 2 is 2.05 bits per heavy atom. The van der Waals surface area contributed by atoms with Crippen LogP contribution in [0.25, 0.3) is 0 Å². The molecule has 0 fully saturated rings. The molecular formula is C15H19N3O2. The maximum absolute atomic E-state index is 5.66. The summed E-state index contributed by atoms with van der Waals surface area (Å²) >= 11 is 0. The number of nitrogens with one attached hydrogen (secondary N) is 1. The highest BCUT2D eigenvalue weighted by Crippen LogP contribution is 2.34. The minimum atomic E-state index is 0.0910. The second kappa shape index (κ2) is 5.54. The fourth-order valence-electron chi connectivity index (χ4n) is 2.58. The maximum atomic E-state index is 5.66. The summed E-state index contributed by atoms with van der Waals surface area (Å²) in [4.78, 5) is 0. The first-order chi connectivity index (χ1) is 9.83. The van der Waals surface area contributed by atoms with E-state index >= 15 is 0 Å². The third kappa shape index (κ3) is 2.25. The molecule has 2 aromatic rings. The van der Waals surface area contributed by atoms with E-state index in [-0.39, 0.29) is 6.04 Å². The van der Waals surface area contributed by atoms with Gasteiger partial charge in [-0.15, -0.1) is 0 Å². The molecule has 0 spiro atoms. The van der Waals surface area contributed by atoms with Gasteiger partial charge in [0.05, 0.1) is 11.7 Å². The van der Waals surface area contributed by atoms with Crippen LogP contribution < -0.4 is 14.8 Å². The van der Waals surface area contributed by atoms with E-state index in [4.69, 9.17) is 9.47 Å². The summed E-state index contributed by atoms with van der Waals surface area (Å²) in [6.07, 6.45) is 1.83. The summed E-state index contributed by atoms with van der Waals surface area (Å²) < 4.78 is 13.2. The van der Waals surface area contributed by atoms with Crippen molar-refractivity contribution in [2.24, 2.45) is 0 Å². The van der Waals surface area contributed by atoms with E-state index in [2.05, 4.69) is 23.4 Å². The second-order valence-corrected chi connectivity index (χ2v) is 4.70. The molecule has 0 aliphatic carbocycles. The lowest BCUT2D eigenvalue weighted by Gasteiger charge is -2.22. The molecule has 2 heterocycles. The first kappa shape index (κ1) is 13.0. The van der Waals surface area contributed by atoms with Gasteiger partial charge >= 0.3 is 0 Å². The van der Waals surface area contributed by atoms with Gasteiger partial charge in [-0.05, 0) is 37.7 Å². The van der Waals surface area contributed by atoms with E-state index in [0.29, 0.717) is 13.2 Å². The average Bonchev–Trinajstić information content (AvgIpc) is 2.96. The molecule has 1 unspecified atom stereocenters. The number of fused-ring (bicyclic) bond motifs is 1. The number of hydrogen-bond acceptors (Lipinski definition) is 4. The lowest BCUT2D eigenvalue weighted by Crippen LogP contribution is -2.22. The molecule has 20 heavy (non-hydrogen) atoms. The van der Waals surface area contributed by atoms with Crippen molar-refractivity contribution in [3.05, 3.63) is 41.7 Å². The summed E-state index contributed by atoms with van der Waals surface area (Å²) in [5.41, 5.74) is 2.29. The van der Waals surface area contributed by atoms with Crippen molar-refractivity contribution >= 4 is 0 Å². The van der Waals surface area contributed by atoms with E-state index < -0.39 is 0 Å². The predicted octanol–water partition coefficient (Wildman–Crippen LogP) is 1.98. The molecule has 1 aromatic heterocycles. The Labute approximate surface area is 118 Å². The van der Waals surface area contributed by atoms with E-state index in [1.54, 1.807) is 0 Å². The van der Waals surface area contributed by atoms with Crippen LogP contribution in [0.15, 0.2) is 30.5 Å². The van der Waals surface area contributed by atoms with Crippen LogP contribution in [0.1, 0.15) is 24.2 Å². The van der Waals surface area contributed by atoms with Gasteiger partial charge in [0.1, 0.15) is 13.2 Å². The van der Waals surface area contributed by atoms with Gasteiger partial charge in [0.15, 0.2) is 11.5 Å². The standard InChI is InChI=1S/C15H19N3O2/c1-3-18-12(6-7-17-18)15(16-2)11-4-5-13-14(10-11)20-9-8-19-13/h4-7,10,15-16H,3,8-9H2,1-2H3. The van der Waals surface area contributed by atoms with Gasteiger partial charge in [0.2, 0.25) is 0 Å². The van der Waals surface area contributed by atoms with Crippen molar-refractivity contribution in [1.29, 1.82) is 0 Å². The number of benzene rings is 1. The largest absolute Gasteiger partial charge is 0.486 e. The van der Waals surface area contributed by atoms with Gasteiger partial charge < -0.3 is 14.8 Å². The van der Waals surface area contributed by atoms with E-state index in [1.165, 1.54) is 0 Å². The topological polar surface area (TPSA) is 48.3 Å². The minimum absolute atomic E-state index is 0.0910.